The van der Waals surface area contributed by atoms with E-state index in [2.05, 4.69) is 15.5 Å². The Bertz CT molecular complexity index is 659. The van der Waals surface area contributed by atoms with E-state index in [0.29, 0.717) is 18.4 Å². The first kappa shape index (κ1) is 11.5. The normalized spacial score (nSPS) is 10.6. The van der Waals surface area contributed by atoms with Crippen LogP contribution in [0.15, 0.2) is 51.6 Å². The van der Waals surface area contributed by atoms with E-state index < -0.39 is 0 Å². The quantitative estimate of drug-likeness (QED) is 0.775. The molecular formula is C14H13N3O2. The summed E-state index contributed by atoms with van der Waals surface area (Å²) in [5.41, 5.74) is 2.08. The van der Waals surface area contributed by atoms with Crippen molar-refractivity contribution < 1.29 is 8.94 Å². The molecule has 19 heavy (non-hydrogen) atoms. The molecule has 0 amide bonds. The van der Waals surface area contributed by atoms with Crippen LogP contribution in [-0.2, 0) is 6.54 Å². The fourth-order valence-corrected chi connectivity index (χ4v) is 1.80. The highest BCUT2D eigenvalue weighted by molar-refractivity contribution is 5.59. The SMILES string of the molecule is Cc1ccccc1-c1noc(NCc2ccco2)n1. The molecule has 2 heterocycles. The lowest BCUT2D eigenvalue weighted by atomic mass is 10.1. The van der Waals surface area contributed by atoms with Crippen LogP contribution in [0, 0.1) is 6.92 Å². The summed E-state index contributed by atoms with van der Waals surface area (Å²) in [4.78, 5) is 4.31. The highest BCUT2D eigenvalue weighted by atomic mass is 16.5. The van der Waals surface area contributed by atoms with Gasteiger partial charge in [0.1, 0.15) is 5.76 Å². The van der Waals surface area contributed by atoms with Crippen LogP contribution in [0.2, 0.25) is 0 Å². The van der Waals surface area contributed by atoms with Gasteiger partial charge in [0.05, 0.1) is 12.8 Å². The lowest BCUT2D eigenvalue weighted by Crippen LogP contribution is -1.98. The number of furan rings is 1. The second kappa shape index (κ2) is 4.97. The minimum Gasteiger partial charge on any atom is -0.467 e. The minimum absolute atomic E-state index is 0.384. The third kappa shape index (κ3) is 2.49. The lowest BCUT2D eigenvalue weighted by Gasteiger charge is -1.98. The number of aryl methyl sites for hydroxylation is 1. The van der Waals surface area contributed by atoms with Crippen LogP contribution in [0.3, 0.4) is 0 Å². The van der Waals surface area contributed by atoms with E-state index in [1.165, 1.54) is 0 Å². The van der Waals surface area contributed by atoms with Gasteiger partial charge in [-0.3, -0.25) is 0 Å². The Morgan fingerprint density at radius 2 is 2.05 bits per heavy atom. The summed E-state index contributed by atoms with van der Waals surface area (Å²) in [6, 6.07) is 12.0. The number of hydrogen-bond acceptors (Lipinski definition) is 5. The number of nitrogens with zero attached hydrogens (tertiary/aromatic N) is 2. The third-order valence-electron chi connectivity index (χ3n) is 2.81. The first-order chi connectivity index (χ1) is 9.33. The summed E-state index contributed by atoms with van der Waals surface area (Å²) >= 11 is 0. The minimum atomic E-state index is 0.384. The molecule has 3 aromatic rings. The number of aromatic nitrogens is 2. The Morgan fingerprint density at radius 1 is 1.16 bits per heavy atom. The number of hydrogen-bond donors (Lipinski definition) is 1. The predicted molar refractivity (Wildman–Crippen MR) is 70.5 cm³/mol. The number of benzene rings is 1. The molecule has 0 radical (unpaired) electrons. The van der Waals surface area contributed by atoms with Crippen molar-refractivity contribution in [1.29, 1.82) is 0 Å². The molecule has 0 atom stereocenters. The third-order valence-corrected chi connectivity index (χ3v) is 2.81. The lowest BCUT2D eigenvalue weighted by molar-refractivity contribution is 0.428. The van der Waals surface area contributed by atoms with Crippen molar-refractivity contribution >= 4 is 6.01 Å². The molecule has 0 aliphatic heterocycles. The highest BCUT2D eigenvalue weighted by Gasteiger charge is 2.10. The summed E-state index contributed by atoms with van der Waals surface area (Å²) < 4.78 is 10.4. The zero-order chi connectivity index (χ0) is 13.1. The molecule has 0 saturated carbocycles. The van der Waals surface area contributed by atoms with E-state index in [1.54, 1.807) is 6.26 Å². The van der Waals surface area contributed by atoms with E-state index in [9.17, 15) is 0 Å². The Kier molecular flexibility index (Phi) is 3.02. The number of anilines is 1. The maximum absolute atomic E-state index is 5.21. The van der Waals surface area contributed by atoms with Crippen LogP contribution in [0.5, 0.6) is 0 Å². The monoisotopic (exact) mass is 255 g/mol. The molecular weight excluding hydrogens is 242 g/mol. The first-order valence-corrected chi connectivity index (χ1v) is 5.99. The zero-order valence-corrected chi connectivity index (χ0v) is 10.5. The standard InChI is InChI=1S/C14H13N3O2/c1-10-5-2-3-7-12(10)13-16-14(19-17-13)15-9-11-6-4-8-18-11/h2-8H,9H2,1H3,(H,15,16,17). The van der Waals surface area contributed by atoms with Crippen LogP contribution >= 0.6 is 0 Å². The highest BCUT2D eigenvalue weighted by Crippen LogP contribution is 2.21. The molecule has 5 nitrogen and oxygen atoms in total. The largest absolute Gasteiger partial charge is 0.467 e. The maximum atomic E-state index is 5.21. The molecule has 5 heteroatoms. The van der Waals surface area contributed by atoms with Gasteiger partial charge >= 0.3 is 6.01 Å². The summed E-state index contributed by atoms with van der Waals surface area (Å²) in [6.45, 7) is 2.53. The number of nitrogens with one attached hydrogen (secondary N) is 1. The van der Waals surface area contributed by atoms with Gasteiger partial charge in [-0.2, -0.15) is 4.98 Å². The summed E-state index contributed by atoms with van der Waals surface area (Å²) in [6.07, 6.45) is 1.63. The number of rotatable bonds is 4. The molecule has 1 N–H and O–H groups in total. The Hall–Kier alpha value is -2.56. The molecule has 0 aliphatic carbocycles. The van der Waals surface area contributed by atoms with Gasteiger partial charge in [0, 0.05) is 5.56 Å². The molecule has 0 bridgehead atoms. The fraction of sp³-hybridized carbons (Fsp3) is 0.143. The molecule has 96 valence electrons. The predicted octanol–water partition coefficient (Wildman–Crippen LogP) is 3.25. The molecule has 2 aromatic heterocycles. The van der Waals surface area contributed by atoms with Gasteiger partial charge in [0.15, 0.2) is 0 Å². The van der Waals surface area contributed by atoms with E-state index in [4.69, 9.17) is 8.94 Å². The molecule has 0 aliphatic rings. The van der Waals surface area contributed by atoms with Gasteiger partial charge in [-0.05, 0) is 24.6 Å². The van der Waals surface area contributed by atoms with E-state index in [0.717, 1.165) is 16.9 Å². The smallest absolute Gasteiger partial charge is 0.322 e. The molecule has 0 saturated heterocycles. The topological polar surface area (TPSA) is 64.1 Å². The second-order valence-electron chi connectivity index (χ2n) is 4.17. The van der Waals surface area contributed by atoms with Crippen LogP contribution in [0.25, 0.3) is 11.4 Å². The second-order valence-corrected chi connectivity index (χ2v) is 4.17. The van der Waals surface area contributed by atoms with Crippen molar-refractivity contribution in [1.82, 2.24) is 10.1 Å². The van der Waals surface area contributed by atoms with Gasteiger partial charge in [-0.1, -0.05) is 29.4 Å². The van der Waals surface area contributed by atoms with Crippen molar-refractivity contribution in [3.63, 3.8) is 0 Å². The van der Waals surface area contributed by atoms with Crippen molar-refractivity contribution in [3.05, 3.63) is 54.0 Å². The van der Waals surface area contributed by atoms with Gasteiger partial charge in [-0.15, -0.1) is 0 Å². The summed E-state index contributed by atoms with van der Waals surface area (Å²) in [5, 5.41) is 6.99. The van der Waals surface area contributed by atoms with Crippen LogP contribution in [0.4, 0.5) is 6.01 Å². The molecule has 0 unspecified atom stereocenters. The van der Waals surface area contributed by atoms with Gasteiger partial charge in [0.25, 0.3) is 0 Å². The zero-order valence-electron chi connectivity index (χ0n) is 10.5. The van der Waals surface area contributed by atoms with Crippen LogP contribution in [-0.4, -0.2) is 10.1 Å². The molecule has 0 fully saturated rings. The summed E-state index contributed by atoms with van der Waals surface area (Å²) in [7, 11) is 0. The fourth-order valence-electron chi connectivity index (χ4n) is 1.80. The average Bonchev–Trinajstić information content (AvgIpc) is 3.08. The van der Waals surface area contributed by atoms with Crippen molar-refractivity contribution in [3.8, 4) is 11.4 Å². The Morgan fingerprint density at radius 3 is 2.84 bits per heavy atom. The molecule has 1 aromatic carbocycles. The van der Waals surface area contributed by atoms with Crippen molar-refractivity contribution in [2.75, 3.05) is 5.32 Å². The maximum Gasteiger partial charge on any atom is 0.322 e. The van der Waals surface area contributed by atoms with Crippen LogP contribution in [0.1, 0.15) is 11.3 Å². The van der Waals surface area contributed by atoms with Gasteiger partial charge in [-0.25, -0.2) is 0 Å². The van der Waals surface area contributed by atoms with Gasteiger partial charge in [0.2, 0.25) is 5.82 Å². The van der Waals surface area contributed by atoms with E-state index in [1.807, 2.05) is 43.3 Å². The Balaban J connectivity index is 1.75. The summed E-state index contributed by atoms with van der Waals surface area (Å²) in [5.74, 6) is 1.40. The average molecular weight is 255 g/mol. The molecule has 0 spiro atoms. The van der Waals surface area contributed by atoms with Crippen molar-refractivity contribution in [2.24, 2.45) is 0 Å². The molecule has 3 rings (SSSR count). The van der Waals surface area contributed by atoms with E-state index >= 15 is 0 Å². The van der Waals surface area contributed by atoms with E-state index in [-0.39, 0.29) is 0 Å². The first-order valence-electron chi connectivity index (χ1n) is 5.99. The van der Waals surface area contributed by atoms with Crippen LogP contribution < -0.4 is 5.32 Å². The van der Waals surface area contributed by atoms with Crippen molar-refractivity contribution in [2.45, 2.75) is 13.5 Å². The Labute approximate surface area is 110 Å². The van der Waals surface area contributed by atoms with Gasteiger partial charge < -0.3 is 14.3 Å².